The number of carbonyl (C=O) groups is 2. The van der Waals surface area contributed by atoms with Crippen molar-refractivity contribution in [3.8, 4) is 11.5 Å². The molecule has 0 aliphatic heterocycles. The van der Waals surface area contributed by atoms with Gasteiger partial charge < -0.3 is 10.2 Å². The van der Waals surface area contributed by atoms with Crippen molar-refractivity contribution in [3.63, 3.8) is 0 Å². The lowest BCUT2D eigenvalue weighted by molar-refractivity contribution is 0.0944. The monoisotopic (exact) mass is 402 g/mol. The molecule has 0 aliphatic rings. The normalized spacial score (nSPS) is 10.9. The summed E-state index contributed by atoms with van der Waals surface area (Å²) in [5, 5.41) is 27.1. The van der Waals surface area contributed by atoms with Gasteiger partial charge in [0.25, 0.3) is 11.8 Å². The van der Waals surface area contributed by atoms with Crippen LogP contribution in [-0.2, 0) is 0 Å². The molecule has 4 N–H and O–H groups in total. The van der Waals surface area contributed by atoms with E-state index in [1.54, 1.807) is 48.5 Å². The standard InChI is InChI=1S/C22H18N4O4/c27-19-10-3-1-8-17(19)21(29)25-23-13-15-6-5-7-16(12-15)14-24-26-22(30)18-9-2-4-11-20(18)28/h1-14,27-28H,(H,25,29)(H,26,30)/b23-13-,24-14-. The lowest BCUT2D eigenvalue weighted by Gasteiger charge is -2.02. The zero-order valence-electron chi connectivity index (χ0n) is 15.7. The number of benzene rings is 3. The molecule has 0 saturated carbocycles. The molecule has 8 heteroatoms. The van der Waals surface area contributed by atoms with E-state index in [1.165, 1.54) is 36.7 Å². The second-order valence-electron chi connectivity index (χ2n) is 6.10. The SMILES string of the molecule is O=C(N/N=C\c1cccc(/C=N\NC(=O)c2ccccc2O)c1)c1ccccc1O. The van der Waals surface area contributed by atoms with Crippen molar-refractivity contribution in [2.75, 3.05) is 0 Å². The summed E-state index contributed by atoms with van der Waals surface area (Å²) in [6, 6.07) is 19.4. The second-order valence-corrected chi connectivity index (χ2v) is 6.10. The molecule has 3 aromatic rings. The van der Waals surface area contributed by atoms with Gasteiger partial charge in [-0.3, -0.25) is 9.59 Å². The minimum Gasteiger partial charge on any atom is -0.507 e. The van der Waals surface area contributed by atoms with Gasteiger partial charge in [0, 0.05) is 0 Å². The van der Waals surface area contributed by atoms with Gasteiger partial charge in [0.2, 0.25) is 0 Å². The number of para-hydroxylation sites is 2. The molecular formula is C22H18N4O4. The molecule has 0 bridgehead atoms. The summed E-state index contributed by atoms with van der Waals surface area (Å²) in [6.45, 7) is 0. The Morgan fingerprint density at radius 2 is 1.10 bits per heavy atom. The third-order valence-corrected chi connectivity index (χ3v) is 3.97. The molecule has 8 nitrogen and oxygen atoms in total. The maximum absolute atomic E-state index is 12.0. The predicted octanol–water partition coefficient (Wildman–Crippen LogP) is 2.63. The third-order valence-electron chi connectivity index (χ3n) is 3.97. The molecule has 0 aromatic heterocycles. The summed E-state index contributed by atoms with van der Waals surface area (Å²) in [7, 11) is 0. The van der Waals surface area contributed by atoms with Gasteiger partial charge in [-0.05, 0) is 41.5 Å². The summed E-state index contributed by atoms with van der Waals surface area (Å²) < 4.78 is 0. The summed E-state index contributed by atoms with van der Waals surface area (Å²) in [6.07, 6.45) is 2.88. The fourth-order valence-electron chi connectivity index (χ4n) is 2.50. The molecule has 0 saturated heterocycles. The van der Waals surface area contributed by atoms with E-state index in [0.717, 1.165) is 0 Å². The van der Waals surface area contributed by atoms with Crippen molar-refractivity contribution in [1.29, 1.82) is 0 Å². The topological polar surface area (TPSA) is 123 Å². The van der Waals surface area contributed by atoms with E-state index in [-0.39, 0.29) is 22.6 Å². The number of nitrogens with zero attached hydrogens (tertiary/aromatic N) is 2. The first-order chi connectivity index (χ1) is 14.5. The maximum atomic E-state index is 12.0. The first-order valence-corrected chi connectivity index (χ1v) is 8.87. The number of nitrogens with one attached hydrogen (secondary N) is 2. The van der Waals surface area contributed by atoms with Crippen LogP contribution in [0.2, 0.25) is 0 Å². The molecule has 0 atom stereocenters. The van der Waals surface area contributed by atoms with Crippen LogP contribution in [0.3, 0.4) is 0 Å². The van der Waals surface area contributed by atoms with Crippen LogP contribution in [0, 0.1) is 0 Å². The number of hydrazone groups is 2. The van der Waals surface area contributed by atoms with Gasteiger partial charge in [-0.2, -0.15) is 10.2 Å². The first-order valence-electron chi connectivity index (χ1n) is 8.87. The highest BCUT2D eigenvalue weighted by molar-refractivity contribution is 5.98. The number of rotatable bonds is 6. The predicted molar refractivity (Wildman–Crippen MR) is 113 cm³/mol. The molecule has 0 spiro atoms. The van der Waals surface area contributed by atoms with Crippen LogP contribution in [-0.4, -0.2) is 34.5 Å². The molecule has 0 fully saturated rings. The van der Waals surface area contributed by atoms with Crippen LogP contribution in [0.5, 0.6) is 11.5 Å². The zero-order valence-corrected chi connectivity index (χ0v) is 15.7. The molecule has 2 amide bonds. The molecular weight excluding hydrogens is 384 g/mol. The van der Waals surface area contributed by atoms with Crippen molar-refractivity contribution < 1.29 is 19.8 Å². The van der Waals surface area contributed by atoms with E-state index in [9.17, 15) is 19.8 Å². The van der Waals surface area contributed by atoms with E-state index in [0.29, 0.717) is 11.1 Å². The van der Waals surface area contributed by atoms with Crippen molar-refractivity contribution in [3.05, 3.63) is 95.1 Å². The van der Waals surface area contributed by atoms with Crippen LogP contribution < -0.4 is 10.9 Å². The van der Waals surface area contributed by atoms with Crippen LogP contribution in [0.4, 0.5) is 0 Å². The minimum absolute atomic E-state index is 0.121. The van der Waals surface area contributed by atoms with Gasteiger partial charge in [-0.1, -0.05) is 42.5 Å². The van der Waals surface area contributed by atoms with Gasteiger partial charge in [0.05, 0.1) is 23.6 Å². The summed E-state index contributed by atoms with van der Waals surface area (Å²) in [5.41, 5.74) is 6.30. The Bertz CT molecular complexity index is 1040. The Labute approximate surface area is 172 Å². The van der Waals surface area contributed by atoms with Crippen molar-refractivity contribution in [1.82, 2.24) is 10.9 Å². The van der Waals surface area contributed by atoms with Crippen molar-refractivity contribution >= 4 is 24.2 Å². The second kappa shape index (κ2) is 9.65. The molecule has 0 heterocycles. The van der Waals surface area contributed by atoms with Gasteiger partial charge >= 0.3 is 0 Å². The minimum atomic E-state index is -0.533. The number of aromatic hydroxyl groups is 2. The molecule has 0 unspecified atom stereocenters. The lowest BCUT2D eigenvalue weighted by Crippen LogP contribution is -2.17. The number of amides is 2. The van der Waals surface area contributed by atoms with Crippen molar-refractivity contribution in [2.45, 2.75) is 0 Å². The summed E-state index contributed by atoms with van der Waals surface area (Å²) in [5.74, 6) is -1.33. The number of hydrogen-bond donors (Lipinski definition) is 4. The van der Waals surface area contributed by atoms with E-state index in [4.69, 9.17) is 0 Å². The molecule has 0 aliphatic carbocycles. The number of phenolic OH excluding ortho intramolecular Hbond substituents is 2. The Kier molecular flexibility index (Phi) is 6.52. The Hall–Kier alpha value is -4.46. The zero-order chi connectivity index (χ0) is 21.3. The molecule has 3 aromatic carbocycles. The number of hydrogen-bond acceptors (Lipinski definition) is 6. The quantitative estimate of drug-likeness (QED) is 0.374. The highest BCUT2D eigenvalue weighted by Gasteiger charge is 2.09. The van der Waals surface area contributed by atoms with Crippen LogP contribution in [0.1, 0.15) is 31.8 Å². The Balaban J connectivity index is 1.59. The molecule has 0 radical (unpaired) electrons. The maximum Gasteiger partial charge on any atom is 0.275 e. The van der Waals surface area contributed by atoms with Gasteiger partial charge in [0.15, 0.2) is 0 Å². The summed E-state index contributed by atoms with van der Waals surface area (Å²) in [4.78, 5) is 24.0. The highest BCUT2D eigenvalue weighted by Crippen LogP contribution is 2.15. The molecule has 150 valence electrons. The Morgan fingerprint density at radius 3 is 1.53 bits per heavy atom. The van der Waals surface area contributed by atoms with Crippen LogP contribution in [0.15, 0.2) is 83.0 Å². The fraction of sp³-hybridized carbons (Fsp3) is 0. The smallest absolute Gasteiger partial charge is 0.275 e. The van der Waals surface area contributed by atoms with E-state index >= 15 is 0 Å². The average molecular weight is 402 g/mol. The first kappa shape index (κ1) is 20.3. The Morgan fingerprint density at radius 1 is 0.667 bits per heavy atom. The number of phenols is 2. The van der Waals surface area contributed by atoms with E-state index in [1.807, 2.05) is 0 Å². The van der Waals surface area contributed by atoms with Gasteiger partial charge in [0.1, 0.15) is 11.5 Å². The van der Waals surface area contributed by atoms with Gasteiger partial charge in [-0.15, -0.1) is 0 Å². The fourth-order valence-corrected chi connectivity index (χ4v) is 2.50. The van der Waals surface area contributed by atoms with Crippen LogP contribution >= 0.6 is 0 Å². The van der Waals surface area contributed by atoms with E-state index in [2.05, 4.69) is 21.1 Å². The van der Waals surface area contributed by atoms with E-state index < -0.39 is 11.8 Å². The van der Waals surface area contributed by atoms with Gasteiger partial charge in [-0.25, -0.2) is 10.9 Å². The van der Waals surface area contributed by atoms with Crippen molar-refractivity contribution in [2.24, 2.45) is 10.2 Å². The summed E-state index contributed by atoms with van der Waals surface area (Å²) >= 11 is 0. The molecule has 3 rings (SSSR count). The number of carbonyl (C=O) groups excluding carboxylic acids is 2. The van der Waals surface area contributed by atoms with Crippen LogP contribution in [0.25, 0.3) is 0 Å². The molecule has 30 heavy (non-hydrogen) atoms. The third kappa shape index (κ3) is 5.29. The highest BCUT2D eigenvalue weighted by atomic mass is 16.3. The lowest BCUT2D eigenvalue weighted by atomic mass is 10.1. The average Bonchev–Trinajstić information content (AvgIpc) is 2.74. The largest absolute Gasteiger partial charge is 0.507 e.